The third kappa shape index (κ3) is 4.20. The number of benzene rings is 1. The van der Waals surface area contributed by atoms with E-state index in [9.17, 15) is 5.11 Å². The van der Waals surface area contributed by atoms with Crippen molar-refractivity contribution in [2.75, 3.05) is 25.6 Å². The molecule has 0 saturated carbocycles. The third-order valence-electron chi connectivity index (χ3n) is 2.01. The number of aliphatic hydroxyl groups excluding tert-OH is 1. The minimum Gasteiger partial charge on any atom is -0.389 e. The number of anilines is 1. The van der Waals surface area contributed by atoms with Crippen LogP contribution < -0.4 is 5.32 Å². The summed E-state index contributed by atoms with van der Waals surface area (Å²) in [7, 11) is 1.58. The molecule has 3 nitrogen and oxygen atoms in total. The summed E-state index contributed by atoms with van der Waals surface area (Å²) < 4.78 is 5.84. The van der Waals surface area contributed by atoms with Crippen LogP contribution >= 0.6 is 15.9 Å². The Morgan fingerprint density at radius 2 is 2.27 bits per heavy atom. The van der Waals surface area contributed by atoms with Gasteiger partial charge >= 0.3 is 0 Å². The van der Waals surface area contributed by atoms with Crippen LogP contribution in [-0.2, 0) is 4.74 Å². The Labute approximate surface area is 98.6 Å². The van der Waals surface area contributed by atoms with E-state index in [4.69, 9.17) is 4.74 Å². The number of aliphatic hydroxyl groups is 1. The zero-order valence-corrected chi connectivity index (χ0v) is 10.5. The maximum absolute atomic E-state index is 9.47. The molecule has 0 fully saturated rings. The maximum atomic E-state index is 9.47. The van der Waals surface area contributed by atoms with E-state index >= 15 is 0 Å². The predicted octanol–water partition coefficient (Wildman–Crippen LogP) is 2.18. The normalized spacial score (nSPS) is 12.5. The maximum Gasteiger partial charge on any atom is 0.0945 e. The van der Waals surface area contributed by atoms with Gasteiger partial charge in [0.2, 0.25) is 0 Å². The first-order valence-electron chi connectivity index (χ1n) is 4.80. The first-order chi connectivity index (χ1) is 7.13. The van der Waals surface area contributed by atoms with E-state index in [1.165, 1.54) is 5.56 Å². The molecule has 1 rings (SSSR count). The molecule has 0 radical (unpaired) electrons. The Hall–Kier alpha value is -0.580. The van der Waals surface area contributed by atoms with Gasteiger partial charge in [-0.15, -0.1) is 0 Å². The largest absolute Gasteiger partial charge is 0.389 e. The molecular formula is C11H16BrNO2. The van der Waals surface area contributed by atoms with Gasteiger partial charge in [0.15, 0.2) is 0 Å². The molecule has 0 aromatic heterocycles. The molecule has 15 heavy (non-hydrogen) atoms. The van der Waals surface area contributed by atoms with Gasteiger partial charge in [0, 0.05) is 23.8 Å². The smallest absolute Gasteiger partial charge is 0.0945 e. The molecule has 0 amide bonds. The second-order valence-corrected chi connectivity index (χ2v) is 4.33. The predicted molar refractivity (Wildman–Crippen MR) is 65.3 cm³/mol. The van der Waals surface area contributed by atoms with Crippen molar-refractivity contribution in [2.45, 2.75) is 13.0 Å². The van der Waals surface area contributed by atoms with Crippen molar-refractivity contribution in [1.82, 2.24) is 0 Å². The van der Waals surface area contributed by atoms with E-state index in [0.717, 1.165) is 10.2 Å². The van der Waals surface area contributed by atoms with Gasteiger partial charge in [-0.25, -0.2) is 0 Å². The average molecular weight is 274 g/mol. The highest BCUT2D eigenvalue weighted by atomic mass is 79.9. The molecule has 1 unspecified atom stereocenters. The number of hydrogen-bond acceptors (Lipinski definition) is 3. The summed E-state index contributed by atoms with van der Waals surface area (Å²) in [5.41, 5.74) is 2.17. The molecule has 84 valence electrons. The lowest BCUT2D eigenvalue weighted by molar-refractivity contribution is 0.0727. The van der Waals surface area contributed by atoms with Gasteiger partial charge in [-0.05, 0) is 40.5 Å². The van der Waals surface area contributed by atoms with Crippen LogP contribution in [-0.4, -0.2) is 31.5 Å². The molecule has 4 heteroatoms. The number of nitrogens with one attached hydrogen (secondary N) is 1. The Morgan fingerprint density at radius 3 is 2.93 bits per heavy atom. The van der Waals surface area contributed by atoms with E-state index in [-0.39, 0.29) is 0 Å². The summed E-state index contributed by atoms with van der Waals surface area (Å²) in [6.45, 7) is 2.86. The third-order valence-corrected chi connectivity index (χ3v) is 2.70. The number of ether oxygens (including phenoxy) is 1. The van der Waals surface area contributed by atoms with Crippen LogP contribution in [0.5, 0.6) is 0 Å². The van der Waals surface area contributed by atoms with Crippen LogP contribution in [0.2, 0.25) is 0 Å². The van der Waals surface area contributed by atoms with Gasteiger partial charge in [-0.2, -0.15) is 0 Å². The van der Waals surface area contributed by atoms with Gasteiger partial charge in [-0.3, -0.25) is 0 Å². The summed E-state index contributed by atoms with van der Waals surface area (Å²) in [5.74, 6) is 0. The second-order valence-electron chi connectivity index (χ2n) is 3.47. The topological polar surface area (TPSA) is 41.5 Å². The molecular weight excluding hydrogens is 258 g/mol. The SMILES string of the molecule is COCC(O)CNc1cc(C)ccc1Br. The van der Waals surface area contributed by atoms with Crippen molar-refractivity contribution in [1.29, 1.82) is 0 Å². The number of aryl methyl sites for hydroxylation is 1. The second kappa shape index (κ2) is 6.10. The summed E-state index contributed by atoms with van der Waals surface area (Å²) in [6.07, 6.45) is -0.484. The van der Waals surface area contributed by atoms with Crippen LogP contribution in [0.25, 0.3) is 0 Å². The molecule has 1 atom stereocenters. The van der Waals surface area contributed by atoms with E-state index in [1.807, 2.05) is 25.1 Å². The van der Waals surface area contributed by atoms with E-state index < -0.39 is 6.10 Å². The van der Waals surface area contributed by atoms with Crippen molar-refractivity contribution in [3.05, 3.63) is 28.2 Å². The number of rotatable bonds is 5. The Balaban J connectivity index is 2.53. The highest BCUT2D eigenvalue weighted by Crippen LogP contribution is 2.23. The minimum absolute atomic E-state index is 0.344. The first-order valence-corrected chi connectivity index (χ1v) is 5.60. The monoisotopic (exact) mass is 273 g/mol. The van der Waals surface area contributed by atoms with Crippen molar-refractivity contribution < 1.29 is 9.84 Å². The lowest BCUT2D eigenvalue weighted by Gasteiger charge is -2.13. The fourth-order valence-corrected chi connectivity index (χ4v) is 1.64. The van der Waals surface area contributed by atoms with Gasteiger partial charge in [0.05, 0.1) is 12.7 Å². The highest BCUT2D eigenvalue weighted by molar-refractivity contribution is 9.10. The number of halogens is 1. The quantitative estimate of drug-likeness (QED) is 0.864. The van der Waals surface area contributed by atoms with E-state index in [0.29, 0.717) is 13.2 Å². The molecule has 2 N–H and O–H groups in total. The zero-order chi connectivity index (χ0) is 11.3. The highest BCUT2D eigenvalue weighted by Gasteiger charge is 2.04. The average Bonchev–Trinajstić information content (AvgIpc) is 2.20. The molecule has 0 spiro atoms. The molecule has 0 aliphatic carbocycles. The molecule has 1 aromatic rings. The van der Waals surface area contributed by atoms with E-state index in [1.54, 1.807) is 7.11 Å². The van der Waals surface area contributed by atoms with Gasteiger partial charge in [0.1, 0.15) is 0 Å². The lowest BCUT2D eigenvalue weighted by atomic mass is 10.2. The zero-order valence-electron chi connectivity index (χ0n) is 8.96. The van der Waals surface area contributed by atoms with Gasteiger partial charge < -0.3 is 15.2 Å². The summed E-state index contributed by atoms with van der Waals surface area (Å²) in [6, 6.07) is 6.05. The molecule has 1 aromatic carbocycles. The standard InChI is InChI=1S/C11H16BrNO2/c1-8-3-4-10(12)11(5-8)13-6-9(14)7-15-2/h3-5,9,13-14H,6-7H2,1-2H3. The summed E-state index contributed by atoms with van der Waals surface area (Å²) in [5, 5.41) is 12.6. The fourth-order valence-electron chi connectivity index (χ4n) is 1.25. The molecule has 0 aliphatic rings. The molecule has 0 bridgehead atoms. The molecule has 0 saturated heterocycles. The Kier molecular flexibility index (Phi) is 5.08. The minimum atomic E-state index is -0.484. The van der Waals surface area contributed by atoms with Crippen molar-refractivity contribution >= 4 is 21.6 Å². The summed E-state index contributed by atoms with van der Waals surface area (Å²) >= 11 is 3.44. The van der Waals surface area contributed by atoms with Gasteiger partial charge in [-0.1, -0.05) is 6.07 Å². The van der Waals surface area contributed by atoms with Crippen LogP contribution in [0, 0.1) is 6.92 Å². The molecule has 0 aliphatic heterocycles. The van der Waals surface area contributed by atoms with Crippen molar-refractivity contribution in [3.8, 4) is 0 Å². The van der Waals surface area contributed by atoms with Crippen LogP contribution in [0.1, 0.15) is 5.56 Å². The number of hydrogen-bond donors (Lipinski definition) is 2. The summed E-state index contributed by atoms with van der Waals surface area (Å²) in [4.78, 5) is 0. The fraction of sp³-hybridized carbons (Fsp3) is 0.455. The van der Waals surface area contributed by atoms with Gasteiger partial charge in [0.25, 0.3) is 0 Å². The van der Waals surface area contributed by atoms with E-state index in [2.05, 4.69) is 21.2 Å². The van der Waals surface area contributed by atoms with Crippen LogP contribution in [0.4, 0.5) is 5.69 Å². The molecule has 0 heterocycles. The number of methoxy groups -OCH3 is 1. The first kappa shape index (κ1) is 12.5. The Morgan fingerprint density at radius 1 is 1.53 bits per heavy atom. The van der Waals surface area contributed by atoms with Crippen molar-refractivity contribution in [3.63, 3.8) is 0 Å². The van der Waals surface area contributed by atoms with Crippen LogP contribution in [0.3, 0.4) is 0 Å². The Bertz CT molecular complexity index is 317. The van der Waals surface area contributed by atoms with Crippen LogP contribution in [0.15, 0.2) is 22.7 Å². The van der Waals surface area contributed by atoms with Crippen molar-refractivity contribution in [2.24, 2.45) is 0 Å². The lowest BCUT2D eigenvalue weighted by Crippen LogP contribution is -2.24.